The van der Waals surface area contributed by atoms with E-state index >= 15 is 0 Å². The average Bonchev–Trinajstić information content (AvgIpc) is 3.14. The van der Waals surface area contributed by atoms with Gasteiger partial charge < -0.3 is 20.1 Å². The minimum atomic E-state index is -4.71. The lowest BCUT2D eigenvalue weighted by atomic mass is 10.0. The van der Waals surface area contributed by atoms with Gasteiger partial charge in [0.1, 0.15) is 12.3 Å². The van der Waals surface area contributed by atoms with Gasteiger partial charge in [-0.25, -0.2) is 8.42 Å². The fourth-order valence-electron chi connectivity index (χ4n) is 5.61. The number of ether oxygens (including phenoxy) is 1. The number of anilines is 2. The summed E-state index contributed by atoms with van der Waals surface area (Å²) in [5, 5.41) is 12.0. The van der Waals surface area contributed by atoms with E-state index in [9.17, 15) is 41.1 Å². The van der Waals surface area contributed by atoms with Crippen LogP contribution in [0.1, 0.15) is 32.6 Å². The van der Waals surface area contributed by atoms with Gasteiger partial charge in [-0.15, -0.1) is 0 Å². The Hall–Kier alpha value is -6.15. The van der Waals surface area contributed by atoms with Crippen molar-refractivity contribution in [1.82, 2.24) is 4.90 Å². The number of nitrogens with one attached hydrogen (secondary N) is 1. The molecule has 0 aliphatic carbocycles. The molecule has 54 heavy (non-hydrogen) atoms. The quantitative estimate of drug-likeness (QED) is 0.128. The molecule has 0 bridgehead atoms. The molecule has 10 nitrogen and oxygen atoms in total. The second-order valence-electron chi connectivity index (χ2n) is 12.4. The second kappa shape index (κ2) is 16.3. The molecule has 0 aliphatic heterocycles. The molecule has 0 saturated carbocycles. The molecule has 5 rings (SSSR count). The maximum absolute atomic E-state index is 13.6. The molecule has 5 aromatic carbocycles. The monoisotopic (exact) mass is 759 g/mol. The Balaban J connectivity index is 1.24. The largest absolute Gasteiger partial charge is 0.497 e. The van der Waals surface area contributed by atoms with Crippen LogP contribution in [0.5, 0.6) is 5.75 Å². The highest BCUT2D eigenvalue weighted by molar-refractivity contribution is 7.92. The van der Waals surface area contributed by atoms with E-state index in [0.29, 0.717) is 11.3 Å². The number of carbonyl (C=O) groups is 3. The summed E-state index contributed by atoms with van der Waals surface area (Å²) in [5.41, 5.74) is 2.88. The van der Waals surface area contributed by atoms with E-state index in [1.165, 1.54) is 50.6 Å². The standard InChI is InChI=1S/C40H36F3N3O7S/c1-26-4-8-28(9-5-26)29-13-20-35(21-14-29)54(51,52)45(2)33-17-6-27(7-18-33)24-46(25-38(48)49)39(50)30-10-15-32(16-11-30)44-37(47)22-31-12-19-34(53-3)23-36(31)40(41,42)43/h4-21,23H,22,24-25H2,1-3H3,(H,44,47)(H,48,49). The first-order valence-corrected chi connectivity index (χ1v) is 17.9. The smallest absolute Gasteiger partial charge is 0.416 e. The lowest BCUT2D eigenvalue weighted by molar-refractivity contribution is -0.139. The summed E-state index contributed by atoms with van der Waals surface area (Å²) in [7, 11) is -1.27. The zero-order chi connectivity index (χ0) is 39.2. The topological polar surface area (TPSA) is 133 Å². The van der Waals surface area contributed by atoms with E-state index in [1.54, 1.807) is 48.5 Å². The SMILES string of the molecule is COc1ccc(CC(=O)Nc2ccc(C(=O)N(CC(=O)O)Cc3ccc(N(C)S(=O)(=O)c4ccc(-c5ccc(C)cc5)cc4)cc3)cc2)c(C(F)(F)F)c1. The van der Waals surface area contributed by atoms with Crippen molar-refractivity contribution in [3.63, 3.8) is 0 Å². The number of aryl methyl sites for hydroxylation is 1. The minimum absolute atomic E-state index is 0.00395. The third-order valence-corrected chi connectivity index (χ3v) is 10.4. The van der Waals surface area contributed by atoms with Gasteiger partial charge in [0.05, 0.1) is 29.7 Å². The van der Waals surface area contributed by atoms with Gasteiger partial charge in [0.2, 0.25) is 5.91 Å². The molecule has 0 unspecified atom stereocenters. The van der Waals surface area contributed by atoms with Gasteiger partial charge in [-0.3, -0.25) is 18.7 Å². The van der Waals surface area contributed by atoms with Gasteiger partial charge in [0.25, 0.3) is 15.9 Å². The summed E-state index contributed by atoms with van der Waals surface area (Å²) in [6, 6.07) is 29.5. The molecule has 5 aromatic rings. The van der Waals surface area contributed by atoms with Crippen LogP contribution in [0.15, 0.2) is 120 Å². The van der Waals surface area contributed by atoms with Crippen molar-refractivity contribution in [2.24, 2.45) is 0 Å². The summed E-state index contributed by atoms with van der Waals surface area (Å²) < 4.78 is 73.6. The van der Waals surface area contributed by atoms with Crippen molar-refractivity contribution in [2.75, 3.05) is 30.3 Å². The number of alkyl halides is 3. The predicted octanol–water partition coefficient (Wildman–Crippen LogP) is 7.42. The molecule has 2 N–H and O–H groups in total. The van der Waals surface area contributed by atoms with E-state index in [4.69, 9.17) is 4.74 Å². The highest BCUT2D eigenvalue weighted by Crippen LogP contribution is 2.35. The number of carboxylic acids is 1. The average molecular weight is 760 g/mol. The van der Waals surface area contributed by atoms with Gasteiger partial charge in [-0.2, -0.15) is 13.2 Å². The Morgan fingerprint density at radius 2 is 1.41 bits per heavy atom. The molecular formula is C40H36F3N3O7S. The van der Waals surface area contributed by atoms with E-state index in [1.807, 2.05) is 31.2 Å². The van der Waals surface area contributed by atoms with Crippen molar-refractivity contribution in [2.45, 2.75) is 31.0 Å². The van der Waals surface area contributed by atoms with Crippen LogP contribution in [0.2, 0.25) is 0 Å². The van der Waals surface area contributed by atoms with Gasteiger partial charge in [-0.05, 0) is 89.8 Å². The summed E-state index contributed by atoms with van der Waals surface area (Å²) in [6.07, 6.45) is -5.28. The normalized spacial score (nSPS) is 11.4. The third kappa shape index (κ3) is 9.44. The number of carbonyl (C=O) groups excluding carboxylic acids is 2. The number of hydrogen-bond donors (Lipinski definition) is 2. The van der Waals surface area contributed by atoms with Crippen LogP contribution in [0, 0.1) is 6.92 Å². The molecule has 0 saturated heterocycles. The Bertz CT molecular complexity index is 2240. The van der Waals surface area contributed by atoms with Crippen LogP contribution >= 0.6 is 0 Å². The number of methoxy groups -OCH3 is 1. The van der Waals surface area contributed by atoms with Gasteiger partial charge >= 0.3 is 12.1 Å². The van der Waals surface area contributed by atoms with Crippen LogP contribution in [0.25, 0.3) is 11.1 Å². The van der Waals surface area contributed by atoms with Crippen LogP contribution in [0.4, 0.5) is 24.5 Å². The first-order valence-electron chi connectivity index (χ1n) is 16.4. The zero-order valence-electron chi connectivity index (χ0n) is 29.4. The minimum Gasteiger partial charge on any atom is -0.497 e. The summed E-state index contributed by atoms with van der Waals surface area (Å²) in [5.74, 6) is -2.63. The maximum Gasteiger partial charge on any atom is 0.416 e. The lowest BCUT2D eigenvalue weighted by Gasteiger charge is -2.23. The summed E-state index contributed by atoms with van der Waals surface area (Å²) in [4.78, 5) is 38.9. The Morgan fingerprint density at radius 1 is 0.815 bits per heavy atom. The highest BCUT2D eigenvalue weighted by Gasteiger charge is 2.34. The summed E-state index contributed by atoms with van der Waals surface area (Å²) in [6.45, 7) is 1.22. The van der Waals surface area contributed by atoms with Crippen molar-refractivity contribution < 1.29 is 45.8 Å². The van der Waals surface area contributed by atoms with Crippen molar-refractivity contribution >= 4 is 39.2 Å². The molecule has 0 heterocycles. The number of benzene rings is 5. The Morgan fingerprint density at radius 3 is 1.96 bits per heavy atom. The van der Waals surface area contributed by atoms with Gasteiger partial charge in [-0.1, -0.05) is 60.2 Å². The van der Waals surface area contributed by atoms with Crippen LogP contribution in [0.3, 0.4) is 0 Å². The molecule has 0 atom stereocenters. The first kappa shape index (κ1) is 39.1. The number of rotatable bonds is 13. The molecular weight excluding hydrogens is 724 g/mol. The molecule has 2 amide bonds. The van der Waals surface area contributed by atoms with Crippen LogP contribution < -0.4 is 14.4 Å². The lowest BCUT2D eigenvalue weighted by Crippen LogP contribution is -2.35. The maximum atomic E-state index is 13.6. The van der Waals surface area contributed by atoms with Gasteiger partial charge in [0, 0.05) is 24.8 Å². The number of carboxylic acid groups (broad SMARTS) is 1. The number of amides is 2. The van der Waals surface area contributed by atoms with Crippen molar-refractivity contribution in [3.05, 3.63) is 143 Å². The number of sulfonamides is 1. The third-order valence-electron chi connectivity index (χ3n) is 8.57. The zero-order valence-corrected chi connectivity index (χ0v) is 30.2. The fourth-order valence-corrected chi connectivity index (χ4v) is 6.81. The van der Waals surface area contributed by atoms with E-state index < -0.39 is 52.5 Å². The number of halogens is 3. The molecule has 0 aromatic heterocycles. The Labute approximate surface area is 310 Å². The molecule has 14 heteroatoms. The molecule has 0 spiro atoms. The fraction of sp³-hybridized carbons (Fsp3) is 0.175. The number of nitrogens with zero attached hydrogens (tertiary/aromatic N) is 2. The number of hydrogen-bond acceptors (Lipinski definition) is 6. The Kier molecular flexibility index (Phi) is 11.8. The molecule has 280 valence electrons. The van der Waals surface area contributed by atoms with Crippen molar-refractivity contribution in [1.29, 1.82) is 0 Å². The van der Waals surface area contributed by atoms with Crippen LogP contribution in [-0.4, -0.2) is 56.9 Å². The molecule has 0 aliphatic rings. The van der Waals surface area contributed by atoms with Crippen molar-refractivity contribution in [3.8, 4) is 16.9 Å². The van der Waals surface area contributed by atoms with E-state index in [2.05, 4.69) is 5.32 Å². The highest BCUT2D eigenvalue weighted by atomic mass is 32.2. The first-order chi connectivity index (χ1) is 25.5. The summed E-state index contributed by atoms with van der Waals surface area (Å²) >= 11 is 0. The van der Waals surface area contributed by atoms with Crippen LogP contribution in [-0.2, 0) is 38.8 Å². The molecule has 0 fully saturated rings. The van der Waals surface area contributed by atoms with Gasteiger partial charge in [0.15, 0.2) is 0 Å². The van der Waals surface area contributed by atoms with E-state index in [-0.39, 0.29) is 34.0 Å². The molecule has 0 radical (unpaired) electrons. The second-order valence-corrected chi connectivity index (χ2v) is 14.4. The predicted molar refractivity (Wildman–Crippen MR) is 198 cm³/mol. The number of aliphatic carboxylic acids is 1. The van der Waals surface area contributed by atoms with E-state index in [0.717, 1.165) is 32.0 Å².